The van der Waals surface area contributed by atoms with Crippen LogP contribution in [-0.2, 0) is 12.8 Å². The Hall–Kier alpha value is -1.51. The molecule has 4 heteroatoms. The number of benzene rings is 2. The molecule has 0 N–H and O–H groups in total. The Morgan fingerprint density at radius 1 is 1.05 bits per heavy atom. The summed E-state index contributed by atoms with van der Waals surface area (Å²) in [7, 11) is 0. The third kappa shape index (κ3) is 3.22. The maximum Gasteiger partial charge on any atom is 0.200 e. The number of aryl methyl sites for hydroxylation is 2. The first-order chi connectivity index (χ1) is 10.1. The lowest BCUT2D eigenvalue weighted by Crippen LogP contribution is -2.12. The van der Waals surface area contributed by atoms with Gasteiger partial charge in [-0.05, 0) is 48.6 Å². The number of halogens is 2. The molecule has 0 radical (unpaired) electrons. The molecule has 0 amide bonds. The monoisotopic (exact) mass is 320 g/mol. The summed E-state index contributed by atoms with van der Waals surface area (Å²) in [6.07, 6.45) is 3.33. The van der Waals surface area contributed by atoms with Crippen LogP contribution < -0.4 is 4.74 Å². The van der Waals surface area contributed by atoms with Gasteiger partial charge >= 0.3 is 0 Å². The number of ether oxygens (including phenoxy) is 1. The molecule has 2 aromatic rings. The van der Waals surface area contributed by atoms with E-state index in [0.29, 0.717) is 21.4 Å². The zero-order valence-electron chi connectivity index (χ0n) is 11.4. The van der Waals surface area contributed by atoms with Crippen molar-refractivity contribution in [2.45, 2.75) is 19.3 Å². The third-order valence-electron chi connectivity index (χ3n) is 3.67. The number of rotatable bonds is 4. The van der Waals surface area contributed by atoms with E-state index in [1.165, 1.54) is 17.5 Å². The Morgan fingerprint density at radius 3 is 2.71 bits per heavy atom. The van der Waals surface area contributed by atoms with Gasteiger partial charge in [0.15, 0.2) is 12.4 Å². The Morgan fingerprint density at radius 2 is 1.86 bits per heavy atom. The van der Waals surface area contributed by atoms with Gasteiger partial charge in [-0.2, -0.15) is 0 Å². The summed E-state index contributed by atoms with van der Waals surface area (Å²) >= 11 is 11.9. The first-order valence-electron chi connectivity index (χ1n) is 6.86. The number of carbonyl (C=O) groups excluding carboxylic acids is 1. The van der Waals surface area contributed by atoms with E-state index in [9.17, 15) is 4.79 Å². The number of Topliss-reactive ketones (excluding diaryl/α,β-unsaturated/α-hetero) is 1. The second-order valence-electron chi connectivity index (χ2n) is 5.12. The summed E-state index contributed by atoms with van der Waals surface area (Å²) in [5.41, 5.74) is 3.32. The quantitative estimate of drug-likeness (QED) is 0.760. The van der Waals surface area contributed by atoms with Gasteiger partial charge in [0, 0.05) is 16.7 Å². The minimum atomic E-state index is -0.0549. The summed E-state index contributed by atoms with van der Waals surface area (Å²) in [4.78, 5) is 12.2. The molecule has 21 heavy (non-hydrogen) atoms. The molecule has 0 aliphatic heterocycles. The van der Waals surface area contributed by atoms with Crippen LogP contribution in [0.3, 0.4) is 0 Å². The van der Waals surface area contributed by atoms with Crippen molar-refractivity contribution in [3.8, 4) is 5.75 Å². The Kier molecular flexibility index (Phi) is 4.18. The zero-order valence-corrected chi connectivity index (χ0v) is 12.9. The Balaban J connectivity index is 1.70. The molecule has 0 heterocycles. The van der Waals surface area contributed by atoms with Gasteiger partial charge in [0.2, 0.25) is 0 Å². The largest absolute Gasteiger partial charge is 0.484 e. The molecular weight excluding hydrogens is 307 g/mol. The van der Waals surface area contributed by atoms with Crippen LogP contribution in [0.5, 0.6) is 5.75 Å². The van der Waals surface area contributed by atoms with Gasteiger partial charge in [0.25, 0.3) is 0 Å². The van der Waals surface area contributed by atoms with Crippen molar-refractivity contribution in [1.82, 2.24) is 0 Å². The topological polar surface area (TPSA) is 26.3 Å². The van der Waals surface area contributed by atoms with Crippen molar-refractivity contribution in [3.05, 3.63) is 63.1 Å². The molecule has 0 bridgehead atoms. The molecule has 108 valence electrons. The van der Waals surface area contributed by atoms with Crippen molar-refractivity contribution in [3.63, 3.8) is 0 Å². The van der Waals surface area contributed by atoms with Gasteiger partial charge in [-0.1, -0.05) is 35.3 Å². The van der Waals surface area contributed by atoms with E-state index in [1.54, 1.807) is 18.2 Å². The normalized spacial score (nSPS) is 13.0. The molecule has 0 spiro atoms. The fraction of sp³-hybridized carbons (Fsp3) is 0.235. The van der Waals surface area contributed by atoms with E-state index in [2.05, 4.69) is 0 Å². The predicted molar refractivity (Wildman–Crippen MR) is 84.8 cm³/mol. The van der Waals surface area contributed by atoms with Crippen molar-refractivity contribution in [1.29, 1.82) is 0 Å². The second kappa shape index (κ2) is 6.08. The Labute approximate surface area is 133 Å². The second-order valence-corrected chi connectivity index (χ2v) is 5.97. The number of hydrogen-bond acceptors (Lipinski definition) is 2. The van der Waals surface area contributed by atoms with E-state index in [1.807, 2.05) is 18.2 Å². The molecule has 1 aliphatic rings. The summed E-state index contributed by atoms with van der Waals surface area (Å²) in [6, 6.07) is 10.8. The summed E-state index contributed by atoms with van der Waals surface area (Å²) in [5, 5.41) is 0.973. The first-order valence-corrected chi connectivity index (χ1v) is 7.62. The molecular formula is C17H14Cl2O2. The van der Waals surface area contributed by atoms with Crippen LogP contribution in [-0.4, -0.2) is 12.4 Å². The van der Waals surface area contributed by atoms with E-state index in [4.69, 9.17) is 27.9 Å². The highest BCUT2D eigenvalue weighted by atomic mass is 35.5. The lowest BCUT2D eigenvalue weighted by atomic mass is 10.0. The Bertz CT molecular complexity index is 695. The lowest BCUT2D eigenvalue weighted by Gasteiger charge is -2.08. The van der Waals surface area contributed by atoms with Gasteiger partial charge in [-0.15, -0.1) is 0 Å². The van der Waals surface area contributed by atoms with Crippen LogP contribution in [0.15, 0.2) is 36.4 Å². The maximum atomic E-state index is 12.2. The molecule has 2 nitrogen and oxygen atoms in total. The molecule has 1 aliphatic carbocycles. The van der Waals surface area contributed by atoms with Crippen molar-refractivity contribution in [2.24, 2.45) is 0 Å². The number of hydrogen-bond donors (Lipinski definition) is 0. The molecule has 0 aromatic heterocycles. The van der Waals surface area contributed by atoms with Crippen LogP contribution in [0.25, 0.3) is 0 Å². The molecule has 3 rings (SSSR count). The molecule has 0 unspecified atom stereocenters. The molecule has 0 fully saturated rings. The minimum absolute atomic E-state index is 0.0428. The number of ketones is 1. The highest BCUT2D eigenvalue weighted by molar-refractivity contribution is 6.34. The van der Waals surface area contributed by atoms with E-state index >= 15 is 0 Å². The summed E-state index contributed by atoms with van der Waals surface area (Å²) < 4.78 is 5.49. The number of carbonyl (C=O) groups is 1. The molecule has 0 saturated heterocycles. The summed E-state index contributed by atoms with van der Waals surface area (Å²) in [5.74, 6) is 0.374. The van der Waals surface area contributed by atoms with Crippen LogP contribution in [0.4, 0.5) is 0 Å². The van der Waals surface area contributed by atoms with Crippen LogP contribution in [0, 0.1) is 0 Å². The summed E-state index contributed by atoms with van der Waals surface area (Å²) in [6.45, 7) is -0.0428. The minimum Gasteiger partial charge on any atom is -0.484 e. The van der Waals surface area contributed by atoms with Crippen molar-refractivity contribution >= 4 is 29.0 Å². The zero-order chi connectivity index (χ0) is 14.8. The highest BCUT2D eigenvalue weighted by Gasteiger charge is 2.14. The molecule has 2 aromatic carbocycles. The van der Waals surface area contributed by atoms with Crippen LogP contribution >= 0.6 is 23.2 Å². The van der Waals surface area contributed by atoms with Gasteiger partial charge < -0.3 is 4.74 Å². The molecule has 0 atom stereocenters. The first kappa shape index (κ1) is 14.4. The predicted octanol–water partition coefficient (Wildman–Crippen LogP) is 4.74. The molecule has 0 saturated carbocycles. The fourth-order valence-corrected chi connectivity index (χ4v) is 2.89. The van der Waals surface area contributed by atoms with E-state index < -0.39 is 0 Å². The van der Waals surface area contributed by atoms with Crippen molar-refractivity contribution < 1.29 is 9.53 Å². The van der Waals surface area contributed by atoms with Crippen LogP contribution in [0.1, 0.15) is 27.9 Å². The lowest BCUT2D eigenvalue weighted by molar-refractivity contribution is 0.0921. The van der Waals surface area contributed by atoms with Crippen molar-refractivity contribution in [2.75, 3.05) is 6.61 Å². The van der Waals surface area contributed by atoms with Gasteiger partial charge in [0.1, 0.15) is 5.75 Å². The smallest absolute Gasteiger partial charge is 0.200 e. The van der Waals surface area contributed by atoms with Crippen LogP contribution in [0.2, 0.25) is 10.0 Å². The SMILES string of the molecule is O=C(COc1cc(Cl)ccc1Cl)c1ccc2c(c1)CCC2. The number of fused-ring (bicyclic) bond motifs is 1. The van der Waals surface area contributed by atoms with E-state index in [0.717, 1.165) is 12.8 Å². The highest BCUT2D eigenvalue weighted by Crippen LogP contribution is 2.28. The average molecular weight is 321 g/mol. The third-order valence-corrected chi connectivity index (χ3v) is 4.22. The van der Waals surface area contributed by atoms with Gasteiger partial charge in [0.05, 0.1) is 5.02 Å². The van der Waals surface area contributed by atoms with Gasteiger partial charge in [-0.3, -0.25) is 4.79 Å². The maximum absolute atomic E-state index is 12.2. The fourth-order valence-electron chi connectivity index (χ4n) is 2.56. The van der Waals surface area contributed by atoms with E-state index in [-0.39, 0.29) is 12.4 Å². The standard InChI is InChI=1S/C17H14Cl2O2/c18-14-6-7-15(19)17(9-14)21-10-16(20)13-5-4-11-2-1-3-12(11)8-13/h4-9H,1-3,10H2. The average Bonchev–Trinajstić information content (AvgIpc) is 2.95. The van der Waals surface area contributed by atoms with Gasteiger partial charge in [-0.25, -0.2) is 0 Å².